The van der Waals surface area contributed by atoms with Crippen LogP contribution in [0.3, 0.4) is 0 Å². The summed E-state index contributed by atoms with van der Waals surface area (Å²) in [4.78, 5) is 33.9. The zero-order chi connectivity index (χ0) is 25.7. The molecule has 1 amide bonds. The second-order valence-corrected chi connectivity index (χ2v) is 10.4. The first-order valence-electron chi connectivity index (χ1n) is 13.1. The van der Waals surface area contributed by atoms with E-state index in [9.17, 15) is 9.59 Å². The number of fused-ring (bicyclic) bond motifs is 3. The van der Waals surface area contributed by atoms with Gasteiger partial charge in [0.05, 0.1) is 35.2 Å². The van der Waals surface area contributed by atoms with E-state index in [1.165, 1.54) is 0 Å². The number of hydrogen-bond acceptors (Lipinski definition) is 6. The van der Waals surface area contributed by atoms with Crippen LogP contribution in [0.4, 0.5) is 0 Å². The van der Waals surface area contributed by atoms with Crippen molar-refractivity contribution in [3.8, 4) is 0 Å². The summed E-state index contributed by atoms with van der Waals surface area (Å²) in [5.41, 5.74) is 2.89. The van der Waals surface area contributed by atoms with E-state index >= 15 is 0 Å². The molecule has 5 heterocycles. The molecule has 2 aliphatic heterocycles. The van der Waals surface area contributed by atoms with Crippen molar-refractivity contribution in [3.05, 3.63) is 63.5 Å². The molecule has 0 saturated carbocycles. The minimum Gasteiger partial charge on any atom is -0.465 e. The van der Waals surface area contributed by atoms with E-state index in [2.05, 4.69) is 21.9 Å². The molecular weight excluding hydrogens is 470 g/mol. The number of benzene rings is 1. The number of aryl methyl sites for hydroxylation is 2. The van der Waals surface area contributed by atoms with Crippen LogP contribution in [0.15, 0.2) is 39.7 Å². The van der Waals surface area contributed by atoms with Crippen molar-refractivity contribution in [1.82, 2.24) is 24.6 Å². The molecule has 2 aliphatic rings. The fraction of sp³-hybridized carbons (Fsp3) is 0.464. The third-order valence-corrected chi connectivity index (χ3v) is 7.88. The molecule has 1 atom stereocenters. The SMILES string of the molecule is Cc1ccc(CN2CCN(C(=O)c3cc4c(cc3C)[nH]c(=O)c3cnn(C5CCOCC5)c34)C[C@@H]2C)o1. The Balaban J connectivity index is 1.32. The van der Waals surface area contributed by atoms with E-state index in [-0.39, 0.29) is 23.6 Å². The smallest absolute Gasteiger partial charge is 0.259 e. The maximum absolute atomic E-state index is 13.8. The molecule has 0 spiro atoms. The van der Waals surface area contributed by atoms with Crippen LogP contribution >= 0.6 is 0 Å². The number of carbonyl (C=O) groups is 1. The number of carbonyl (C=O) groups excluding carboxylic acids is 1. The summed E-state index contributed by atoms with van der Waals surface area (Å²) in [6, 6.07) is 8.26. The highest BCUT2D eigenvalue weighted by Crippen LogP contribution is 2.30. The average Bonchev–Trinajstić information content (AvgIpc) is 3.52. The standard InChI is InChI=1S/C28H33N5O4/c1-17-12-25-23(26-24(27(34)30-25)14-29-33(26)20-6-10-36-11-7-20)13-22(17)28(35)32-9-8-31(18(2)15-32)16-21-5-4-19(3)37-21/h4-5,12-14,18,20H,6-11,15-16H2,1-3H3,(H,30,34)/t18-/m0/s1. The van der Waals surface area contributed by atoms with E-state index < -0.39 is 0 Å². The molecule has 37 heavy (non-hydrogen) atoms. The highest BCUT2D eigenvalue weighted by atomic mass is 16.5. The number of aromatic nitrogens is 3. The Morgan fingerprint density at radius 3 is 2.68 bits per heavy atom. The van der Waals surface area contributed by atoms with Gasteiger partial charge in [0.15, 0.2) is 0 Å². The number of nitrogens with zero attached hydrogens (tertiary/aromatic N) is 4. The van der Waals surface area contributed by atoms with E-state index in [0.29, 0.717) is 37.3 Å². The van der Waals surface area contributed by atoms with Gasteiger partial charge in [-0.05, 0) is 63.4 Å². The Hall–Kier alpha value is -3.43. The minimum absolute atomic E-state index is 0.0243. The van der Waals surface area contributed by atoms with E-state index in [1.807, 2.05) is 47.7 Å². The van der Waals surface area contributed by atoms with Gasteiger partial charge in [0, 0.05) is 49.8 Å². The molecule has 9 heteroatoms. The normalized spacial score (nSPS) is 19.8. The van der Waals surface area contributed by atoms with Gasteiger partial charge in [-0.1, -0.05) is 0 Å². The van der Waals surface area contributed by atoms with Crippen LogP contribution in [-0.4, -0.2) is 69.4 Å². The molecule has 1 aromatic carbocycles. The molecule has 6 rings (SSSR count). The Morgan fingerprint density at radius 1 is 1.14 bits per heavy atom. The fourth-order valence-electron chi connectivity index (χ4n) is 5.79. The lowest BCUT2D eigenvalue weighted by atomic mass is 10.0. The average molecular weight is 504 g/mol. The number of piperazine rings is 1. The summed E-state index contributed by atoms with van der Waals surface area (Å²) in [6.45, 7) is 10.2. The summed E-state index contributed by atoms with van der Waals surface area (Å²) in [5, 5.41) is 6.01. The predicted octanol–water partition coefficient (Wildman–Crippen LogP) is 3.79. The number of H-pyrrole nitrogens is 1. The van der Waals surface area contributed by atoms with Crippen LogP contribution in [0.1, 0.15) is 53.2 Å². The lowest BCUT2D eigenvalue weighted by Crippen LogP contribution is -2.53. The lowest BCUT2D eigenvalue weighted by Gasteiger charge is -2.39. The third kappa shape index (κ3) is 4.36. The Kier molecular flexibility index (Phi) is 6.12. The molecule has 4 aromatic rings. The van der Waals surface area contributed by atoms with Crippen molar-refractivity contribution in [2.45, 2.75) is 52.2 Å². The van der Waals surface area contributed by atoms with Gasteiger partial charge >= 0.3 is 0 Å². The zero-order valence-corrected chi connectivity index (χ0v) is 21.6. The minimum atomic E-state index is -0.156. The van der Waals surface area contributed by atoms with Crippen molar-refractivity contribution in [2.75, 3.05) is 32.8 Å². The van der Waals surface area contributed by atoms with Crippen molar-refractivity contribution < 1.29 is 13.9 Å². The number of aromatic amines is 1. The van der Waals surface area contributed by atoms with Crippen molar-refractivity contribution in [2.24, 2.45) is 0 Å². The second-order valence-electron chi connectivity index (χ2n) is 10.4. The number of amides is 1. The number of pyridine rings is 1. The topological polar surface area (TPSA) is 96.6 Å². The van der Waals surface area contributed by atoms with E-state index in [1.54, 1.807) is 6.20 Å². The van der Waals surface area contributed by atoms with Gasteiger partial charge in [-0.3, -0.25) is 19.2 Å². The van der Waals surface area contributed by atoms with Crippen LogP contribution in [0.5, 0.6) is 0 Å². The first-order chi connectivity index (χ1) is 17.9. The summed E-state index contributed by atoms with van der Waals surface area (Å²) in [7, 11) is 0. The maximum Gasteiger partial charge on any atom is 0.259 e. The van der Waals surface area contributed by atoms with Gasteiger partial charge in [0.25, 0.3) is 11.5 Å². The first kappa shape index (κ1) is 23.9. The Bertz CT molecular complexity index is 1530. The number of nitrogens with one attached hydrogen (secondary N) is 1. The van der Waals surface area contributed by atoms with Crippen molar-refractivity contribution in [1.29, 1.82) is 0 Å². The molecule has 3 aromatic heterocycles. The van der Waals surface area contributed by atoms with Crippen LogP contribution in [0.2, 0.25) is 0 Å². The summed E-state index contributed by atoms with van der Waals surface area (Å²) < 4.78 is 13.3. The Morgan fingerprint density at radius 2 is 1.95 bits per heavy atom. The van der Waals surface area contributed by atoms with Gasteiger partial charge in [0.1, 0.15) is 11.5 Å². The van der Waals surface area contributed by atoms with Gasteiger partial charge < -0.3 is 19.0 Å². The summed E-state index contributed by atoms with van der Waals surface area (Å²) in [6.07, 6.45) is 3.34. The highest BCUT2D eigenvalue weighted by Gasteiger charge is 2.29. The second kappa shape index (κ2) is 9.46. The molecule has 0 bridgehead atoms. The predicted molar refractivity (Wildman–Crippen MR) is 141 cm³/mol. The number of ether oxygens (including phenoxy) is 1. The number of rotatable bonds is 4. The highest BCUT2D eigenvalue weighted by molar-refractivity contribution is 6.07. The van der Waals surface area contributed by atoms with Gasteiger partial charge in [0.2, 0.25) is 0 Å². The van der Waals surface area contributed by atoms with E-state index in [4.69, 9.17) is 9.15 Å². The molecule has 9 nitrogen and oxygen atoms in total. The number of hydrogen-bond donors (Lipinski definition) is 1. The molecule has 2 fully saturated rings. The van der Waals surface area contributed by atoms with Crippen molar-refractivity contribution >= 4 is 27.7 Å². The molecule has 1 N–H and O–H groups in total. The summed E-state index contributed by atoms with van der Waals surface area (Å²) >= 11 is 0. The van der Waals surface area contributed by atoms with Crippen LogP contribution in [0.25, 0.3) is 21.8 Å². The van der Waals surface area contributed by atoms with Gasteiger partial charge in [-0.25, -0.2) is 0 Å². The lowest BCUT2D eigenvalue weighted by molar-refractivity contribution is 0.0477. The molecule has 2 saturated heterocycles. The van der Waals surface area contributed by atoms with Crippen LogP contribution in [-0.2, 0) is 11.3 Å². The van der Waals surface area contributed by atoms with Gasteiger partial charge in [-0.2, -0.15) is 5.10 Å². The zero-order valence-electron chi connectivity index (χ0n) is 21.6. The van der Waals surface area contributed by atoms with Gasteiger partial charge in [-0.15, -0.1) is 0 Å². The maximum atomic E-state index is 13.8. The van der Waals surface area contributed by atoms with Crippen molar-refractivity contribution in [3.63, 3.8) is 0 Å². The first-order valence-corrected chi connectivity index (χ1v) is 13.1. The fourth-order valence-corrected chi connectivity index (χ4v) is 5.79. The molecule has 194 valence electrons. The largest absolute Gasteiger partial charge is 0.465 e. The molecule has 0 radical (unpaired) electrons. The molecule has 0 unspecified atom stereocenters. The molecular formula is C28H33N5O4. The van der Waals surface area contributed by atoms with Crippen LogP contribution < -0.4 is 5.56 Å². The van der Waals surface area contributed by atoms with Crippen LogP contribution in [0, 0.1) is 13.8 Å². The quantitative estimate of drug-likeness (QED) is 0.455. The Labute approximate surface area is 215 Å². The monoisotopic (exact) mass is 503 g/mol. The third-order valence-electron chi connectivity index (χ3n) is 7.88. The molecule has 0 aliphatic carbocycles. The van der Waals surface area contributed by atoms with E-state index in [0.717, 1.165) is 59.4 Å². The number of furan rings is 1. The summed E-state index contributed by atoms with van der Waals surface area (Å²) in [5.74, 6) is 1.89.